The topological polar surface area (TPSA) is 41.2 Å². The Morgan fingerprint density at radius 2 is 1.89 bits per heavy atom. The molecule has 0 spiro atoms. The molecule has 2 aromatic heterocycles. The van der Waals surface area contributed by atoms with E-state index in [-0.39, 0.29) is 10.2 Å². The Labute approximate surface area is 162 Å². The zero-order valence-corrected chi connectivity index (χ0v) is 15.8. The Morgan fingerprint density at radius 1 is 1.11 bits per heavy atom. The number of aromatic amines is 1. The first-order chi connectivity index (χ1) is 13.5. The van der Waals surface area contributed by atoms with Gasteiger partial charge in [-0.1, -0.05) is 0 Å². The van der Waals surface area contributed by atoms with Crippen LogP contribution >= 0.6 is 11.3 Å². The second kappa shape index (κ2) is 6.49. The van der Waals surface area contributed by atoms with Gasteiger partial charge >= 0.3 is 0 Å². The van der Waals surface area contributed by atoms with Gasteiger partial charge in [0.25, 0.3) is 0 Å². The summed E-state index contributed by atoms with van der Waals surface area (Å²) < 4.78 is 47.3. The molecule has 0 saturated carbocycles. The second-order valence-electron chi connectivity index (χ2n) is 6.81. The summed E-state index contributed by atoms with van der Waals surface area (Å²) in [7, 11) is 0. The van der Waals surface area contributed by atoms with Gasteiger partial charge in [-0.3, -0.25) is 0 Å². The van der Waals surface area contributed by atoms with Crippen molar-refractivity contribution in [3.63, 3.8) is 0 Å². The molecule has 3 heterocycles. The number of hydrogen-bond acceptors (Lipinski definition) is 4. The highest BCUT2D eigenvalue weighted by molar-refractivity contribution is 7.21. The molecule has 8 heteroatoms. The quantitative estimate of drug-likeness (QED) is 0.479. The predicted octanol–water partition coefficient (Wildman–Crippen LogP) is 5.01. The lowest BCUT2D eigenvalue weighted by molar-refractivity contribution is 0.122. The van der Waals surface area contributed by atoms with Gasteiger partial charge in [0.15, 0.2) is 11.6 Å². The minimum Gasteiger partial charge on any atom is -0.378 e. The van der Waals surface area contributed by atoms with Gasteiger partial charge in [0.2, 0.25) is 0 Å². The number of aryl methyl sites for hydroxylation is 1. The molecule has 28 heavy (non-hydrogen) atoms. The van der Waals surface area contributed by atoms with Crippen molar-refractivity contribution in [2.45, 2.75) is 6.92 Å². The molecule has 1 aliphatic heterocycles. The van der Waals surface area contributed by atoms with E-state index in [2.05, 4.69) is 20.9 Å². The van der Waals surface area contributed by atoms with Crippen molar-refractivity contribution in [2.75, 3.05) is 31.2 Å². The van der Waals surface area contributed by atoms with Gasteiger partial charge in [-0.05, 0) is 25.1 Å². The maximum atomic E-state index is 14.1. The molecule has 2 aromatic carbocycles. The van der Waals surface area contributed by atoms with Crippen LogP contribution < -0.4 is 4.90 Å². The fourth-order valence-electron chi connectivity index (χ4n) is 3.70. The number of hydrogen-bond donors (Lipinski definition) is 1. The van der Waals surface area contributed by atoms with E-state index in [0.29, 0.717) is 24.3 Å². The van der Waals surface area contributed by atoms with Crippen LogP contribution in [-0.4, -0.2) is 36.3 Å². The second-order valence-corrected chi connectivity index (χ2v) is 7.80. The molecule has 144 valence electrons. The lowest BCUT2D eigenvalue weighted by Gasteiger charge is -2.28. The third kappa shape index (κ3) is 2.67. The van der Waals surface area contributed by atoms with Crippen LogP contribution in [-0.2, 0) is 4.74 Å². The molecule has 0 bridgehead atoms. The highest BCUT2D eigenvalue weighted by atomic mass is 32.1. The first kappa shape index (κ1) is 17.5. The molecule has 0 atom stereocenters. The van der Waals surface area contributed by atoms with Gasteiger partial charge in [0.05, 0.1) is 17.9 Å². The van der Waals surface area contributed by atoms with Crippen LogP contribution in [0.1, 0.15) is 5.69 Å². The van der Waals surface area contributed by atoms with Crippen molar-refractivity contribution in [2.24, 2.45) is 0 Å². The number of thiazole rings is 1. The zero-order valence-electron chi connectivity index (χ0n) is 15.0. The van der Waals surface area contributed by atoms with Crippen LogP contribution in [0.3, 0.4) is 0 Å². The van der Waals surface area contributed by atoms with E-state index in [1.54, 1.807) is 0 Å². The van der Waals surface area contributed by atoms with E-state index in [0.717, 1.165) is 52.3 Å². The van der Waals surface area contributed by atoms with Crippen LogP contribution in [0, 0.1) is 24.4 Å². The molecule has 1 fully saturated rings. The van der Waals surface area contributed by atoms with E-state index in [4.69, 9.17) is 4.74 Å². The summed E-state index contributed by atoms with van der Waals surface area (Å²) in [6, 6.07) is 6.66. The van der Waals surface area contributed by atoms with E-state index in [9.17, 15) is 13.2 Å². The Bertz CT molecular complexity index is 1210. The molecule has 4 aromatic rings. The Morgan fingerprint density at radius 3 is 2.68 bits per heavy atom. The average Bonchev–Trinajstić information content (AvgIpc) is 3.27. The van der Waals surface area contributed by atoms with Crippen molar-refractivity contribution < 1.29 is 17.9 Å². The van der Waals surface area contributed by atoms with Crippen molar-refractivity contribution in [3.8, 4) is 10.6 Å². The molecule has 0 unspecified atom stereocenters. The van der Waals surface area contributed by atoms with E-state index < -0.39 is 17.5 Å². The monoisotopic (exact) mass is 403 g/mol. The minimum absolute atomic E-state index is 0.0204. The number of anilines is 1. The fraction of sp³-hybridized carbons (Fsp3) is 0.250. The van der Waals surface area contributed by atoms with Crippen LogP contribution in [0.2, 0.25) is 0 Å². The van der Waals surface area contributed by atoms with Crippen LogP contribution in [0.15, 0.2) is 24.3 Å². The molecular weight excluding hydrogens is 387 g/mol. The van der Waals surface area contributed by atoms with Gasteiger partial charge < -0.3 is 14.6 Å². The molecule has 5 rings (SSSR count). The maximum Gasteiger partial charge on any atom is 0.186 e. The zero-order chi connectivity index (χ0) is 19.4. The van der Waals surface area contributed by atoms with Crippen LogP contribution in [0.5, 0.6) is 0 Å². The number of morpholine rings is 1. The smallest absolute Gasteiger partial charge is 0.186 e. The van der Waals surface area contributed by atoms with Gasteiger partial charge in [0.1, 0.15) is 16.3 Å². The summed E-state index contributed by atoms with van der Waals surface area (Å²) >= 11 is 1.03. The van der Waals surface area contributed by atoms with Gasteiger partial charge in [-0.25, -0.2) is 18.2 Å². The van der Waals surface area contributed by atoms with E-state index >= 15 is 0 Å². The van der Waals surface area contributed by atoms with Gasteiger partial charge in [-0.15, -0.1) is 11.3 Å². The third-order valence-corrected chi connectivity index (χ3v) is 6.16. The van der Waals surface area contributed by atoms with Gasteiger partial charge in [0, 0.05) is 47.0 Å². The number of benzene rings is 2. The molecule has 4 nitrogen and oxygen atoms in total. The molecule has 0 radical (unpaired) electrons. The number of rotatable bonds is 2. The Hall–Kier alpha value is -2.58. The summed E-state index contributed by atoms with van der Waals surface area (Å²) in [5.41, 5.74) is 3.33. The Balaban J connectivity index is 1.70. The standard InChI is InChI=1S/C20H16F3N3OS/c1-10-16(20-25-18-17(23)13(21)9-14(22)19(18)28-20)12-8-11(2-3-15(12)24-10)26-4-6-27-7-5-26/h2-3,8-9,24H,4-7H2,1H3. The normalized spacial score (nSPS) is 15.1. The lowest BCUT2D eigenvalue weighted by atomic mass is 10.1. The maximum absolute atomic E-state index is 14.1. The van der Waals surface area contributed by atoms with Crippen LogP contribution in [0.4, 0.5) is 18.9 Å². The number of H-pyrrole nitrogens is 1. The van der Waals surface area contributed by atoms with Crippen LogP contribution in [0.25, 0.3) is 31.7 Å². The van der Waals surface area contributed by atoms with Crippen molar-refractivity contribution in [1.82, 2.24) is 9.97 Å². The highest BCUT2D eigenvalue weighted by Gasteiger charge is 2.21. The molecule has 0 amide bonds. The van der Waals surface area contributed by atoms with Crippen molar-refractivity contribution >= 4 is 38.1 Å². The molecule has 1 saturated heterocycles. The summed E-state index contributed by atoms with van der Waals surface area (Å²) in [5.74, 6) is -3.15. The fourth-order valence-corrected chi connectivity index (χ4v) is 4.78. The summed E-state index contributed by atoms with van der Waals surface area (Å²) in [5, 5.41) is 1.38. The summed E-state index contributed by atoms with van der Waals surface area (Å²) in [4.78, 5) is 9.78. The molecule has 1 N–H and O–H groups in total. The third-order valence-electron chi connectivity index (χ3n) is 5.07. The number of halogens is 3. The largest absolute Gasteiger partial charge is 0.378 e. The molecule has 0 aliphatic carbocycles. The summed E-state index contributed by atoms with van der Waals surface area (Å²) in [6.45, 7) is 4.86. The summed E-state index contributed by atoms with van der Waals surface area (Å²) in [6.07, 6.45) is 0. The number of nitrogens with zero attached hydrogens (tertiary/aromatic N) is 2. The predicted molar refractivity (Wildman–Crippen MR) is 105 cm³/mol. The first-order valence-corrected chi connectivity index (χ1v) is 9.74. The van der Waals surface area contributed by atoms with Crippen molar-refractivity contribution in [3.05, 3.63) is 47.4 Å². The number of nitrogens with one attached hydrogen (secondary N) is 1. The first-order valence-electron chi connectivity index (χ1n) is 8.92. The molecule has 1 aliphatic rings. The SMILES string of the molecule is Cc1[nH]c2ccc(N3CCOCC3)cc2c1-c1nc2c(F)c(F)cc(F)c2s1. The van der Waals surface area contributed by atoms with Crippen molar-refractivity contribution in [1.29, 1.82) is 0 Å². The number of fused-ring (bicyclic) bond motifs is 2. The Kier molecular flexibility index (Phi) is 4.06. The molecular formula is C20H16F3N3OS. The van der Waals surface area contributed by atoms with E-state index in [1.165, 1.54) is 0 Å². The lowest BCUT2D eigenvalue weighted by Crippen LogP contribution is -2.36. The highest BCUT2D eigenvalue weighted by Crippen LogP contribution is 2.40. The average molecular weight is 403 g/mol. The minimum atomic E-state index is -1.23. The number of aromatic nitrogens is 2. The van der Waals surface area contributed by atoms with Gasteiger partial charge in [-0.2, -0.15) is 0 Å². The number of ether oxygens (including phenoxy) is 1. The van der Waals surface area contributed by atoms with E-state index in [1.807, 2.05) is 19.1 Å².